The molecule has 0 saturated carbocycles. The molecule has 132 valence electrons. The maximum atomic E-state index is 11.2. The molecule has 1 aliphatic heterocycles. The Morgan fingerprint density at radius 1 is 1.24 bits per heavy atom. The van der Waals surface area contributed by atoms with Crippen molar-refractivity contribution in [1.29, 1.82) is 0 Å². The van der Waals surface area contributed by atoms with E-state index in [9.17, 15) is 5.11 Å². The van der Waals surface area contributed by atoms with Crippen molar-refractivity contribution in [2.75, 3.05) is 18.0 Å². The fraction of sp³-hybridized carbons (Fsp3) is 0.562. The van der Waals surface area contributed by atoms with Crippen molar-refractivity contribution in [3.8, 4) is 0 Å². The van der Waals surface area contributed by atoms with Crippen molar-refractivity contribution >= 4 is 11.5 Å². The Bertz CT molecular complexity index is 901. The van der Waals surface area contributed by atoms with Crippen LogP contribution in [0.1, 0.15) is 44.2 Å². The minimum Gasteiger partial charge on any atom is -0.382 e. The first-order chi connectivity index (χ1) is 11.9. The smallest absolute Gasteiger partial charge is 0.176 e. The molecular formula is C16H22N8O. The van der Waals surface area contributed by atoms with Gasteiger partial charge >= 0.3 is 0 Å². The van der Waals surface area contributed by atoms with Crippen LogP contribution in [0.3, 0.4) is 0 Å². The lowest BCUT2D eigenvalue weighted by atomic mass is 9.90. The predicted molar refractivity (Wildman–Crippen MR) is 91.3 cm³/mol. The third-order valence-electron chi connectivity index (χ3n) is 4.61. The molecule has 0 aromatic carbocycles. The predicted octanol–water partition coefficient (Wildman–Crippen LogP) is 1.09. The zero-order valence-electron chi connectivity index (χ0n) is 14.7. The number of aryl methyl sites for hydroxylation is 1. The van der Waals surface area contributed by atoms with E-state index < -0.39 is 5.60 Å². The summed E-state index contributed by atoms with van der Waals surface area (Å²) in [5.41, 5.74) is 0.303. The van der Waals surface area contributed by atoms with Crippen molar-refractivity contribution in [3.05, 3.63) is 29.8 Å². The van der Waals surface area contributed by atoms with Crippen LogP contribution in [0.15, 0.2) is 18.3 Å². The van der Waals surface area contributed by atoms with Gasteiger partial charge in [0.15, 0.2) is 11.5 Å². The molecule has 0 bridgehead atoms. The molecule has 1 saturated heterocycles. The van der Waals surface area contributed by atoms with Gasteiger partial charge in [-0.05, 0) is 45.7 Å². The highest BCUT2D eigenvalue weighted by atomic mass is 16.3. The molecule has 0 spiro atoms. The Balaban J connectivity index is 1.62. The molecule has 1 aliphatic rings. The Hall–Kier alpha value is -2.55. The average molecular weight is 342 g/mol. The molecule has 1 unspecified atom stereocenters. The number of piperidine rings is 1. The summed E-state index contributed by atoms with van der Waals surface area (Å²) >= 11 is 0. The van der Waals surface area contributed by atoms with E-state index in [0.717, 1.165) is 18.8 Å². The summed E-state index contributed by atoms with van der Waals surface area (Å²) in [4.78, 5) is 6.36. The molecule has 9 nitrogen and oxygen atoms in total. The van der Waals surface area contributed by atoms with Crippen LogP contribution in [-0.2, 0) is 5.60 Å². The summed E-state index contributed by atoms with van der Waals surface area (Å²) in [7, 11) is 0. The maximum absolute atomic E-state index is 11.2. The number of rotatable bonds is 3. The first-order valence-corrected chi connectivity index (χ1v) is 8.55. The van der Waals surface area contributed by atoms with Crippen LogP contribution in [0.5, 0.6) is 0 Å². The standard InChI is InChI=1S/C16H22N8O/c1-11(2)23-9-13(18-21-23)16(25)7-4-8-22(10-16)15-6-5-14-17-12(3)19-24(14)20-15/h5-6,9,11,25H,4,7-8,10H2,1-3H3. The zero-order chi connectivity index (χ0) is 17.6. The molecule has 0 radical (unpaired) electrons. The number of aliphatic hydroxyl groups is 1. The molecule has 3 aromatic heterocycles. The first-order valence-electron chi connectivity index (χ1n) is 8.55. The summed E-state index contributed by atoms with van der Waals surface area (Å²) < 4.78 is 3.31. The summed E-state index contributed by atoms with van der Waals surface area (Å²) in [6, 6.07) is 4.02. The fourth-order valence-electron chi connectivity index (χ4n) is 3.23. The minimum absolute atomic E-state index is 0.212. The second-order valence-electron chi connectivity index (χ2n) is 6.93. The third kappa shape index (κ3) is 2.84. The molecule has 4 heterocycles. The van der Waals surface area contributed by atoms with Crippen molar-refractivity contribution in [2.24, 2.45) is 0 Å². The van der Waals surface area contributed by atoms with Crippen LogP contribution < -0.4 is 4.90 Å². The number of hydrogen-bond donors (Lipinski definition) is 1. The van der Waals surface area contributed by atoms with E-state index in [-0.39, 0.29) is 6.04 Å². The molecule has 1 atom stereocenters. The van der Waals surface area contributed by atoms with Crippen LogP contribution in [0.2, 0.25) is 0 Å². The van der Waals surface area contributed by atoms with Gasteiger partial charge in [0.1, 0.15) is 17.1 Å². The second-order valence-corrected chi connectivity index (χ2v) is 6.93. The lowest BCUT2D eigenvalue weighted by Crippen LogP contribution is -2.47. The van der Waals surface area contributed by atoms with Crippen molar-refractivity contribution in [1.82, 2.24) is 34.8 Å². The number of anilines is 1. The largest absolute Gasteiger partial charge is 0.382 e. The molecule has 4 rings (SSSR count). The quantitative estimate of drug-likeness (QED) is 0.761. The lowest BCUT2D eigenvalue weighted by molar-refractivity contribution is 0.0174. The third-order valence-corrected chi connectivity index (χ3v) is 4.61. The van der Waals surface area contributed by atoms with E-state index in [4.69, 9.17) is 0 Å². The van der Waals surface area contributed by atoms with Gasteiger partial charge in [-0.1, -0.05) is 5.21 Å². The first kappa shape index (κ1) is 15.9. The molecule has 25 heavy (non-hydrogen) atoms. The van der Waals surface area contributed by atoms with Gasteiger partial charge in [0.2, 0.25) is 0 Å². The Morgan fingerprint density at radius 3 is 2.84 bits per heavy atom. The average Bonchev–Trinajstić information content (AvgIpc) is 3.20. The van der Waals surface area contributed by atoms with Gasteiger partial charge < -0.3 is 10.0 Å². The zero-order valence-corrected chi connectivity index (χ0v) is 14.7. The van der Waals surface area contributed by atoms with E-state index in [1.54, 1.807) is 4.68 Å². The van der Waals surface area contributed by atoms with E-state index in [0.29, 0.717) is 30.1 Å². The Kier molecular flexibility index (Phi) is 3.68. The number of nitrogens with zero attached hydrogens (tertiary/aromatic N) is 8. The molecule has 1 N–H and O–H groups in total. The minimum atomic E-state index is -1.03. The van der Waals surface area contributed by atoms with Crippen molar-refractivity contribution in [2.45, 2.75) is 45.3 Å². The molecular weight excluding hydrogens is 320 g/mol. The fourth-order valence-corrected chi connectivity index (χ4v) is 3.23. The summed E-state index contributed by atoms with van der Waals surface area (Å²) in [6.45, 7) is 7.17. The number of aromatic nitrogens is 7. The molecule has 1 fully saturated rings. The van der Waals surface area contributed by atoms with E-state index in [2.05, 4.69) is 30.4 Å². The highest BCUT2D eigenvalue weighted by molar-refractivity contribution is 5.46. The Labute approximate surface area is 145 Å². The van der Waals surface area contributed by atoms with Gasteiger partial charge in [-0.15, -0.1) is 19.9 Å². The SMILES string of the molecule is Cc1nc2ccc(N3CCCC(O)(c4cn(C(C)C)nn4)C3)nn2n1. The van der Waals surface area contributed by atoms with Crippen LogP contribution >= 0.6 is 0 Å². The van der Waals surface area contributed by atoms with Crippen LogP contribution in [0.4, 0.5) is 5.82 Å². The van der Waals surface area contributed by atoms with Gasteiger partial charge in [0.05, 0.1) is 12.7 Å². The molecule has 0 amide bonds. The summed E-state index contributed by atoms with van der Waals surface area (Å²) in [5, 5.41) is 28.3. The van der Waals surface area contributed by atoms with Crippen LogP contribution in [0, 0.1) is 6.92 Å². The highest BCUT2D eigenvalue weighted by Crippen LogP contribution is 2.32. The highest BCUT2D eigenvalue weighted by Gasteiger charge is 2.38. The van der Waals surface area contributed by atoms with E-state index in [1.165, 1.54) is 4.63 Å². The second kappa shape index (κ2) is 5.76. The topological polar surface area (TPSA) is 97.3 Å². The van der Waals surface area contributed by atoms with Gasteiger partial charge in [-0.2, -0.15) is 0 Å². The van der Waals surface area contributed by atoms with Gasteiger partial charge in [-0.25, -0.2) is 9.67 Å². The van der Waals surface area contributed by atoms with E-state index >= 15 is 0 Å². The van der Waals surface area contributed by atoms with Crippen molar-refractivity contribution in [3.63, 3.8) is 0 Å². The van der Waals surface area contributed by atoms with E-state index in [1.807, 2.05) is 39.1 Å². The maximum Gasteiger partial charge on any atom is 0.176 e. The van der Waals surface area contributed by atoms with Crippen LogP contribution in [-0.4, -0.2) is 53.0 Å². The number of β-amino-alcohol motifs (C(OH)–C–C–N with tert-alkyl or cyclic N) is 1. The van der Waals surface area contributed by atoms with Crippen LogP contribution in [0.25, 0.3) is 5.65 Å². The van der Waals surface area contributed by atoms with Gasteiger partial charge in [-0.3, -0.25) is 0 Å². The molecule has 0 aliphatic carbocycles. The molecule has 3 aromatic rings. The monoisotopic (exact) mass is 342 g/mol. The normalized spacial score (nSPS) is 21.4. The van der Waals surface area contributed by atoms with Gasteiger partial charge in [0.25, 0.3) is 0 Å². The number of hydrogen-bond acceptors (Lipinski definition) is 7. The number of fused-ring (bicyclic) bond motifs is 1. The summed E-state index contributed by atoms with van der Waals surface area (Å²) in [5.74, 6) is 1.46. The van der Waals surface area contributed by atoms with Crippen molar-refractivity contribution < 1.29 is 5.11 Å². The van der Waals surface area contributed by atoms with Gasteiger partial charge in [0, 0.05) is 12.6 Å². The molecule has 9 heteroatoms. The Morgan fingerprint density at radius 2 is 2.08 bits per heavy atom. The lowest BCUT2D eigenvalue weighted by Gasteiger charge is -2.38. The summed E-state index contributed by atoms with van der Waals surface area (Å²) in [6.07, 6.45) is 3.34.